The smallest absolute Gasteiger partial charge is 0.248 e. The number of hydrogen-bond donors (Lipinski definition) is 3. The zero-order valence-corrected chi connectivity index (χ0v) is 26.9. The molecule has 3 saturated heterocycles. The van der Waals surface area contributed by atoms with Crippen molar-refractivity contribution in [2.45, 2.75) is 55.8 Å². The number of likely N-dealkylation sites (tertiary alicyclic amines) is 1. The first-order valence-electron chi connectivity index (χ1n) is 16.0. The molecule has 0 aromatic heterocycles. The molecule has 1 spiro atoms. The van der Waals surface area contributed by atoms with Crippen LogP contribution in [0.4, 0.5) is 11.4 Å². The first-order valence-corrected chi connectivity index (χ1v) is 16.8. The Balaban J connectivity index is 1.35. The summed E-state index contributed by atoms with van der Waals surface area (Å²) in [6, 6.07) is 25.3. The van der Waals surface area contributed by atoms with Crippen LogP contribution in [0.1, 0.15) is 44.4 Å². The van der Waals surface area contributed by atoms with Crippen LogP contribution in [-0.2, 0) is 20.9 Å². The normalized spacial score (nSPS) is 27.2. The summed E-state index contributed by atoms with van der Waals surface area (Å²) in [6.07, 6.45) is 0.739. The van der Waals surface area contributed by atoms with Gasteiger partial charge in [-0.2, -0.15) is 0 Å². The van der Waals surface area contributed by atoms with E-state index in [1.165, 1.54) is 0 Å². The lowest BCUT2D eigenvalue weighted by Crippen LogP contribution is -2.55. The van der Waals surface area contributed by atoms with Crippen molar-refractivity contribution < 1.29 is 19.5 Å². The molecular formula is C36H42N4O4S. The predicted octanol–water partition coefficient (Wildman–Crippen LogP) is 4.86. The Bertz CT molecular complexity index is 1520. The molecule has 9 heteroatoms. The molecule has 0 saturated carbocycles. The lowest BCUT2D eigenvalue weighted by molar-refractivity contribution is -0.142. The molecule has 3 aliphatic rings. The molecule has 2 bridgehead atoms. The third kappa shape index (κ3) is 5.40. The lowest BCUT2D eigenvalue weighted by atomic mass is 9.66. The highest BCUT2D eigenvalue weighted by Crippen LogP contribution is 2.69. The maximum Gasteiger partial charge on any atom is 0.248 e. The van der Waals surface area contributed by atoms with Crippen LogP contribution in [0, 0.1) is 17.8 Å². The van der Waals surface area contributed by atoms with Gasteiger partial charge in [-0.15, -0.1) is 11.8 Å². The molecule has 3 aliphatic heterocycles. The zero-order valence-electron chi connectivity index (χ0n) is 26.1. The van der Waals surface area contributed by atoms with Gasteiger partial charge < -0.3 is 25.5 Å². The van der Waals surface area contributed by atoms with Crippen molar-refractivity contribution in [3.63, 3.8) is 0 Å². The summed E-state index contributed by atoms with van der Waals surface area (Å²) in [5.41, 5.74) is 3.45. The number of benzene rings is 3. The SMILES string of the molecule is CCN(CC)c1ccc(NC(=O)C2N([C@H](CO)c3ccccc3)C(=O)[C@@H]3[C@H](C(=O)NCc4ccccc4)[C@@H]4CC(C)C23S4)cc1. The number of fused-ring (bicyclic) bond motifs is 1. The molecule has 3 aromatic rings. The van der Waals surface area contributed by atoms with E-state index < -0.39 is 28.7 Å². The second-order valence-electron chi connectivity index (χ2n) is 12.3. The summed E-state index contributed by atoms with van der Waals surface area (Å²) in [5.74, 6) is -1.91. The molecule has 7 atom stereocenters. The van der Waals surface area contributed by atoms with E-state index in [2.05, 4.69) is 36.3 Å². The van der Waals surface area contributed by atoms with Crippen molar-refractivity contribution in [1.82, 2.24) is 10.2 Å². The molecule has 3 fully saturated rings. The van der Waals surface area contributed by atoms with Crippen LogP contribution in [0.25, 0.3) is 0 Å². The number of carbonyl (C=O) groups is 3. The lowest BCUT2D eigenvalue weighted by Gasteiger charge is -2.40. The van der Waals surface area contributed by atoms with E-state index in [9.17, 15) is 19.5 Å². The summed E-state index contributed by atoms with van der Waals surface area (Å²) in [4.78, 5) is 46.9. The van der Waals surface area contributed by atoms with Crippen LogP contribution in [0.3, 0.4) is 0 Å². The van der Waals surface area contributed by atoms with Crippen LogP contribution >= 0.6 is 11.8 Å². The quantitative estimate of drug-likeness (QED) is 0.281. The van der Waals surface area contributed by atoms with Crippen LogP contribution in [0.5, 0.6) is 0 Å². The average Bonchev–Trinajstić information content (AvgIpc) is 3.66. The van der Waals surface area contributed by atoms with Crippen LogP contribution in [0.2, 0.25) is 0 Å². The Morgan fingerprint density at radius 2 is 1.62 bits per heavy atom. The van der Waals surface area contributed by atoms with Crippen molar-refractivity contribution in [3.05, 3.63) is 96.1 Å². The topological polar surface area (TPSA) is 102 Å². The van der Waals surface area contributed by atoms with Gasteiger partial charge in [0, 0.05) is 36.3 Å². The molecule has 236 valence electrons. The minimum Gasteiger partial charge on any atom is -0.394 e. The van der Waals surface area contributed by atoms with Gasteiger partial charge in [0.1, 0.15) is 6.04 Å². The Kier molecular flexibility index (Phi) is 8.93. The van der Waals surface area contributed by atoms with Gasteiger partial charge in [-0.3, -0.25) is 14.4 Å². The van der Waals surface area contributed by atoms with Crippen molar-refractivity contribution in [1.29, 1.82) is 0 Å². The van der Waals surface area contributed by atoms with Crippen molar-refractivity contribution in [3.8, 4) is 0 Å². The molecule has 3 aromatic carbocycles. The van der Waals surface area contributed by atoms with Gasteiger partial charge in [0.15, 0.2) is 0 Å². The van der Waals surface area contributed by atoms with Gasteiger partial charge in [-0.1, -0.05) is 67.6 Å². The van der Waals surface area contributed by atoms with Gasteiger partial charge >= 0.3 is 0 Å². The molecule has 45 heavy (non-hydrogen) atoms. The molecule has 6 rings (SSSR count). The van der Waals surface area contributed by atoms with Gasteiger partial charge in [-0.25, -0.2) is 0 Å². The summed E-state index contributed by atoms with van der Waals surface area (Å²) in [5, 5.41) is 16.9. The summed E-state index contributed by atoms with van der Waals surface area (Å²) in [7, 11) is 0. The van der Waals surface area contributed by atoms with E-state index >= 15 is 0 Å². The van der Waals surface area contributed by atoms with Crippen molar-refractivity contribution in [2.75, 3.05) is 29.9 Å². The Labute approximate surface area is 269 Å². The average molecular weight is 627 g/mol. The largest absolute Gasteiger partial charge is 0.394 e. The van der Waals surface area contributed by atoms with Gasteiger partial charge in [0.25, 0.3) is 0 Å². The number of aliphatic hydroxyl groups excluding tert-OH is 1. The number of carbonyl (C=O) groups excluding carboxylic acids is 3. The minimum absolute atomic E-state index is 0.0144. The fourth-order valence-corrected chi connectivity index (χ4v) is 10.3. The summed E-state index contributed by atoms with van der Waals surface area (Å²) < 4.78 is -0.802. The Morgan fingerprint density at radius 3 is 2.24 bits per heavy atom. The van der Waals surface area contributed by atoms with E-state index in [-0.39, 0.29) is 35.5 Å². The van der Waals surface area contributed by atoms with Gasteiger partial charge in [0.2, 0.25) is 17.7 Å². The highest BCUT2D eigenvalue weighted by atomic mass is 32.2. The first kappa shape index (κ1) is 31.2. The maximum atomic E-state index is 14.7. The van der Waals surface area contributed by atoms with E-state index in [1.54, 1.807) is 16.7 Å². The second kappa shape index (κ2) is 12.9. The third-order valence-electron chi connectivity index (χ3n) is 10.0. The number of rotatable bonds is 11. The number of nitrogens with one attached hydrogen (secondary N) is 2. The van der Waals surface area contributed by atoms with Gasteiger partial charge in [0.05, 0.1) is 29.2 Å². The van der Waals surface area contributed by atoms with E-state index in [0.717, 1.165) is 36.3 Å². The highest BCUT2D eigenvalue weighted by molar-refractivity contribution is 8.02. The summed E-state index contributed by atoms with van der Waals surface area (Å²) in [6.45, 7) is 8.11. The first-order chi connectivity index (χ1) is 21.8. The molecule has 0 aliphatic carbocycles. The Hall–Kier alpha value is -3.82. The summed E-state index contributed by atoms with van der Waals surface area (Å²) >= 11 is 1.63. The predicted molar refractivity (Wildman–Crippen MR) is 179 cm³/mol. The molecular weight excluding hydrogens is 584 g/mol. The zero-order chi connectivity index (χ0) is 31.7. The molecule has 3 heterocycles. The highest BCUT2D eigenvalue weighted by Gasteiger charge is 2.76. The monoisotopic (exact) mass is 626 g/mol. The number of thioether (sulfide) groups is 1. The number of aliphatic hydroxyl groups is 1. The molecule has 8 nitrogen and oxygen atoms in total. The number of amides is 3. The van der Waals surface area contributed by atoms with E-state index in [0.29, 0.717) is 12.2 Å². The van der Waals surface area contributed by atoms with Crippen molar-refractivity contribution in [2.24, 2.45) is 17.8 Å². The standard InChI is InChI=1S/C36H42N4O4S/c1-4-39(5-2)27-18-16-26(17-19-27)38-34(43)32-36-23(3)20-29(45-36)30(33(42)37-21-24-12-8-6-9-13-24)31(36)35(44)40(32)28(22-41)25-14-10-7-11-15-25/h6-19,23,28-32,41H,4-5,20-22H2,1-3H3,(H,37,42)(H,38,43)/t23?,28-,29+,30-,31+,32?,36?/m1/s1. The third-order valence-corrected chi connectivity index (χ3v) is 12.1. The van der Waals surface area contributed by atoms with E-state index in [4.69, 9.17) is 0 Å². The van der Waals surface area contributed by atoms with Gasteiger partial charge in [-0.05, 0) is 61.6 Å². The Morgan fingerprint density at radius 1 is 0.978 bits per heavy atom. The molecule has 3 unspecified atom stereocenters. The number of nitrogens with zero attached hydrogens (tertiary/aromatic N) is 2. The fraction of sp³-hybridized carbons (Fsp3) is 0.417. The minimum atomic E-state index is -0.869. The molecule has 3 N–H and O–H groups in total. The molecule has 3 amide bonds. The number of anilines is 2. The van der Waals surface area contributed by atoms with E-state index in [1.807, 2.05) is 84.9 Å². The maximum absolute atomic E-state index is 14.7. The fourth-order valence-electron chi connectivity index (χ4n) is 7.88. The van der Waals surface area contributed by atoms with Crippen LogP contribution < -0.4 is 15.5 Å². The second-order valence-corrected chi connectivity index (χ2v) is 13.9. The van der Waals surface area contributed by atoms with Crippen LogP contribution in [0.15, 0.2) is 84.9 Å². The number of hydrogen-bond acceptors (Lipinski definition) is 6. The van der Waals surface area contributed by atoms with Crippen LogP contribution in [-0.4, -0.2) is 63.5 Å². The van der Waals surface area contributed by atoms with Crippen molar-refractivity contribution >= 4 is 40.9 Å². The molecule has 0 radical (unpaired) electrons.